The third-order valence-corrected chi connectivity index (χ3v) is 6.02. The first-order chi connectivity index (χ1) is 15.2. The Kier molecular flexibility index (Phi) is 7.49. The topological polar surface area (TPSA) is 42.0 Å². The van der Waals surface area contributed by atoms with Gasteiger partial charge in [-0.25, -0.2) is 0 Å². The van der Waals surface area contributed by atoms with Crippen molar-refractivity contribution in [1.82, 2.24) is 0 Å². The summed E-state index contributed by atoms with van der Waals surface area (Å²) >= 11 is 6.32. The van der Waals surface area contributed by atoms with Crippen molar-refractivity contribution in [1.29, 1.82) is 0 Å². The lowest BCUT2D eigenvalue weighted by Crippen LogP contribution is -2.32. The Morgan fingerprint density at radius 3 is 2.55 bits per heavy atom. The van der Waals surface area contributed by atoms with Crippen molar-refractivity contribution >= 4 is 34.6 Å². The van der Waals surface area contributed by atoms with Crippen LogP contribution in [0.25, 0.3) is 0 Å². The summed E-state index contributed by atoms with van der Waals surface area (Å²) in [6, 6.07) is 13.6. The number of anilines is 3. The van der Waals surface area contributed by atoms with Crippen LogP contribution >= 0.6 is 11.6 Å². The quantitative estimate of drug-likeness (QED) is 0.472. The SMILES string of the molecule is [CH2]CCCN1c2cc(Cl)ccc2C(=O)N(CCCOC2CCCCO2)c2ccccc21. The first-order valence-electron chi connectivity index (χ1n) is 11.2. The molecule has 5 nitrogen and oxygen atoms in total. The molecule has 1 amide bonds. The minimum absolute atomic E-state index is 0.00911. The Bertz CT molecular complexity index is 898. The van der Waals surface area contributed by atoms with Crippen LogP contribution in [0.4, 0.5) is 17.1 Å². The molecule has 31 heavy (non-hydrogen) atoms. The van der Waals surface area contributed by atoms with Gasteiger partial charge in [0.25, 0.3) is 5.91 Å². The summed E-state index contributed by atoms with van der Waals surface area (Å²) in [6.07, 6.45) is 5.57. The van der Waals surface area contributed by atoms with Crippen LogP contribution in [-0.2, 0) is 9.47 Å². The lowest BCUT2D eigenvalue weighted by Gasteiger charge is -2.28. The van der Waals surface area contributed by atoms with Crippen LogP contribution in [0.2, 0.25) is 5.02 Å². The number of halogens is 1. The third-order valence-electron chi connectivity index (χ3n) is 5.79. The van der Waals surface area contributed by atoms with E-state index in [0.717, 1.165) is 68.7 Å². The molecule has 4 rings (SSSR count). The molecule has 165 valence electrons. The number of hydrogen-bond donors (Lipinski definition) is 0. The van der Waals surface area contributed by atoms with Crippen LogP contribution in [0.15, 0.2) is 42.5 Å². The average Bonchev–Trinajstić information content (AvgIpc) is 2.89. The van der Waals surface area contributed by atoms with E-state index in [4.69, 9.17) is 21.1 Å². The Morgan fingerprint density at radius 1 is 1.03 bits per heavy atom. The molecule has 1 fully saturated rings. The number of hydrogen-bond acceptors (Lipinski definition) is 4. The first kappa shape index (κ1) is 22.1. The Labute approximate surface area is 189 Å². The summed E-state index contributed by atoms with van der Waals surface area (Å²) in [5, 5.41) is 0.623. The number of carbonyl (C=O) groups is 1. The normalized spacial score (nSPS) is 18.5. The zero-order chi connectivity index (χ0) is 21.6. The van der Waals surface area contributed by atoms with Crippen molar-refractivity contribution in [2.45, 2.75) is 44.8 Å². The van der Waals surface area contributed by atoms with Gasteiger partial charge in [0.2, 0.25) is 0 Å². The fourth-order valence-electron chi connectivity index (χ4n) is 4.23. The van der Waals surface area contributed by atoms with Gasteiger partial charge < -0.3 is 19.3 Å². The summed E-state index contributed by atoms with van der Waals surface area (Å²) < 4.78 is 11.5. The Hall–Kier alpha value is -2.08. The monoisotopic (exact) mass is 441 g/mol. The minimum Gasteiger partial charge on any atom is -0.353 e. The summed E-state index contributed by atoms with van der Waals surface area (Å²) in [5.74, 6) is -0.00911. The van der Waals surface area contributed by atoms with E-state index in [0.29, 0.717) is 23.7 Å². The maximum absolute atomic E-state index is 13.6. The number of unbranched alkanes of at least 4 members (excludes halogenated alkanes) is 1. The average molecular weight is 442 g/mol. The molecule has 2 aliphatic heterocycles. The van der Waals surface area contributed by atoms with Crippen LogP contribution < -0.4 is 9.80 Å². The maximum atomic E-state index is 13.6. The molecule has 0 aliphatic carbocycles. The van der Waals surface area contributed by atoms with Gasteiger partial charge in [-0.3, -0.25) is 4.79 Å². The summed E-state index contributed by atoms with van der Waals surface area (Å²) in [4.78, 5) is 17.7. The van der Waals surface area contributed by atoms with Gasteiger partial charge in [0.05, 0.1) is 29.2 Å². The van der Waals surface area contributed by atoms with E-state index in [2.05, 4.69) is 17.9 Å². The van der Waals surface area contributed by atoms with Crippen molar-refractivity contribution in [3.8, 4) is 0 Å². The van der Waals surface area contributed by atoms with Crippen molar-refractivity contribution in [3.63, 3.8) is 0 Å². The molecule has 0 saturated carbocycles. The van der Waals surface area contributed by atoms with Crippen LogP contribution in [-0.4, -0.2) is 38.5 Å². The van der Waals surface area contributed by atoms with Crippen LogP contribution in [0.5, 0.6) is 0 Å². The van der Waals surface area contributed by atoms with E-state index in [1.165, 1.54) is 0 Å². The molecule has 6 heteroatoms. The van der Waals surface area contributed by atoms with Crippen molar-refractivity contribution < 1.29 is 14.3 Å². The van der Waals surface area contributed by atoms with E-state index >= 15 is 0 Å². The summed E-state index contributed by atoms with van der Waals surface area (Å²) in [7, 11) is 0. The minimum atomic E-state index is -0.109. The van der Waals surface area contributed by atoms with Crippen LogP contribution in [0.1, 0.15) is 48.9 Å². The number of nitrogens with zero attached hydrogens (tertiary/aromatic N) is 2. The Morgan fingerprint density at radius 2 is 1.81 bits per heavy atom. The Balaban J connectivity index is 1.59. The molecule has 2 aromatic carbocycles. The number of para-hydroxylation sites is 2. The van der Waals surface area contributed by atoms with Gasteiger partial charge in [-0.05, 0) is 62.4 Å². The highest BCUT2D eigenvalue weighted by atomic mass is 35.5. The number of fused-ring (bicyclic) bond motifs is 2. The molecule has 0 bridgehead atoms. The van der Waals surface area contributed by atoms with Crippen molar-refractivity contribution in [2.75, 3.05) is 36.1 Å². The second-order valence-corrected chi connectivity index (χ2v) is 8.42. The highest BCUT2D eigenvalue weighted by Crippen LogP contribution is 2.41. The van der Waals surface area contributed by atoms with Crippen molar-refractivity contribution in [3.05, 3.63) is 60.0 Å². The molecule has 2 aromatic rings. The first-order valence-corrected chi connectivity index (χ1v) is 11.6. The largest absolute Gasteiger partial charge is 0.353 e. The second kappa shape index (κ2) is 10.5. The predicted molar refractivity (Wildman–Crippen MR) is 125 cm³/mol. The fourth-order valence-corrected chi connectivity index (χ4v) is 4.39. The fraction of sp³-hybridized carbons (Fsp3) is 0.440. The standard InChI is InChI=1S/C25H30ClN2O3/c1-2-3-14-27-21-9-4-5-10-22(21)28(15-8-17-31-24-11-6-7-16-30-24)25(29)20-13-12-19(26)18-23(20)27/h4-5,9-10,12-13,18,24H,1-3,6-8,11,14-17H2. The highest BCUT2D eigenvalue weighted by Gasteiger charge is 2.30. The smallest absolute Gasteiger partial charge is 0.260 e. The molecule has 0 spiro atoms. The van der Waals surface area contributed by atoms with Gasteiger partial charge in [-0.15, -0.1) is 0 Å². The number of amides is 1. The lowest BCUT2D eigenvalue weighted by molar-refractivity contribution is -0.162. The zero-order valence-electron chi connectivity index (χ0n) is 17.9. The maximum Gasteiger partial charge on any atom is 0.260 e. The summed E-state index contributed by atoms with van der Waals surface area (Å²) in [5.41, 5.74) is 3.45. The molecule has 1 saturated heterocycles. The highest BCUT2D eigenvalue weighted by molar-refractivity contribution is 6.31. The molecule has 1 unspecified atom stereocenters. The molecule has 2 aliphatic rings. The number of carbonyl (C=O) groups excluding carboxylic acids is 1. The van der Waals surface area contributed by atoms with Gasteiger partial charge in [-0.1, -0.05) is 37.1 Å². The van der Waals surface area contributed by atoms with Gasteiger partial charge in [0.15, 0.2) is 6.29 Å². The van der Waals surface area contributed by atoms with Crippen molar-refractivity contribution in [2.24, 2.45) is 0 Å². The zero-order valence-corrected chi connectivity index (χ0v) is 18.7. The van der Waals surface area contributed by atoms with Crippen LogP contribution in [0, 0.1) is 6.92 Å². The number of ether oxygens (including phenoxy) is 2. The molecular weight excluding hydrogens is 412 g/mol. The molecule has 0 N–H and O–H groups in total. The molecule has 0 aromatic heterocycles. The lowest BCUT2D eigenvalue weighted by atomic mass is 10.1. The van der Waals surface area contributed by atoms with E-state index < -0.39 is 0 Å². The van der Waals surface area contributed by atoms with Gasteiger partial charge in [0.1, 0.15) is 0 Å². The van der Waals surface area contributed by atoms with Gasteiger partial charge in [-0.2, -0.15) is 0 Å². The molecule has 2 heterocycles. The van der Waals surface area contributed by atoms with E-state index in [1.54, 1.807) is 6.07 Å². The third kappa shape index (κ3) is 5.05. The summed E-state index contributed by atoms with van der Waals surface area (Å²) in [6.45, 7) is 6.67. The number of benzene rings is 2. The van der Waals surface area contributed by atoms with Gasteiger partial charge in [0, 0.05) is 24.7 Å². The number of rotatable bonds is 8. The van der Waals surface area contributed by atoms with E-state index in [-0.39, 0.29) is 12.2 Å². The molecule has 1 radical (unpaired) electrons. The predicted octanol–water partition coefficient (Wildman–Crippen LogP) is 5.99. The van der Waals surface area contributed by atoms with E-state index in [9.17, 15) is 4.79 Å². The van der Waals surface area contributed by atoms with E-state index in [1.807, 2.05) is 35.2 Å². The molecule has 1 atom stereocenters. The van der Waals surface area contributed by atoms with Gasteiger partial charge >= 0.3 is 0 Å². The second-order valence-electron chi connectivity index (χ2n) is 7.99. The molecular formula is C25H30ClN2O3. The van der Waals surface area contributed by atoms with Crippen LogP contribution in [0.3, 0.4) is 0 Å².